The summed E-state index contributed by atoms with van der Waals surface area (Å²) in [6, 6.07) is 44.0. The third kappa shape index (κ3) is 10.9. The predicted octanol–water partition coefficient (Wildman–Crippen LogP) is 12.2. The van der Waals surface area contributed by atoms with Crippen LogP contribution in [0.25, 0.3) is 0 Å². The van der Waals surface area contributed by atoms with E-state index in [0.717, 1.165) is 4.90 Å². The van der Waals surface area contributed by atoms with E-state index in [2.05, 4.69) is 86.6 Å². The van der Waals surface area contributed by atoms with Gasteiger partial charge in [0.2, 0.25) is 0 Å². The minimum atomic E-state index is -10.7. The Bertz CT molecular complexity index is 1620. The Morgan fingerprint density at radius 2 is 0.837 bits per heavy atom. The fourth-order valence-corrected chi connectivity index (χ4v) is 6.83. The summed E-state index contributed by atoms with van der Waals surface area (Å²) in [5.41, 5.74) is 3.97. The second kappa shape index (κ2) is 12.2. The van der Waals surface area contributed by atoms with Crippen LogP contribution in [0.4, 0.5) is 25.2 Å². The summed E-state index contributed by atoms with van der Waals surface area (Å²) in [5.74, 6) is 0.0516. The van der Waals surface area contributed by atoms with Crippen molar-refractivity contribution < 1.29 is 30.0 Å². The van der Waals surface area contributed by atoms with Gasteiger partial charge in [-0.1, -0.05) is 77.5 Å². The van der Waals surface area contributed by atoms with Crippen LogP contribution in [0.15, 0.2) is 152 Å². The van der Waals surface area contributed by atoms with Crippen molar-refractivity contribution in [1.29, 1.82) is 0 Å². The van der Waals surface area contributed by atoms with Crippen molar-refractivity contribution in [2.45, 2.75) is 38.3 Å². The standard InChI is InChI=1S/C33H27OS2.F6P/c1-24-8-18-30(19-9-24)36(31-20-10-25(2)11-21-31)32-22-16-29(17-23-32)35-28-14-12-27(13-15-28)33(34)26-6-4-3-5-7-26;1-7(2,3,4,5)6/h3-23H,1-2H3;/q+1;-1. The van der Waals surface area contributed by atoms with Crippen molar-refractivity contribution in [2.24, 2.45) is 0 Å². The number of rotatable bonds is 7. The van der Waals surface area contributed by atoms with Crippen LogP contribution in [0.3, 0.4) is 0 Å². The molecule has 0 saturated carbocycles. The summed E-state index contributed by atoms with van der Waals surface area (Å²) in [6.07, 6.45) is 0. The molecule has 0 N–H and O–H groups in total. The van der Waals surface area contributed by atoms with Gasteiger partial charge in [-0.3, -0.25) is 4.79 Å². The number of ketones is 1. The van der Waals surface area contributed by atoms with Gasteiger partial charge in [-0.25, -0.2) is 0 Å². The van der Waals surface area contributed by atoms with Crippen LogP contribution in [0.2, 0.25) is 0 Å². The molecule has 0 radical (unpaired) electrons. The topological polar surface area (TPSA) is 17.1 Å². The van der Waals surface area contributed by atoms with Gasteiger partial charge in [0.15, 0.2) is 20.5 Å². The van der Waals surface area contributed by atoms with Crippen molar-refractivity contribution in [3.8, 4) is 0 Å². The van der Waals surface area contributed by atoms with Gasteiger partial charge in [-0.15, -0.1) is 0 Å². The molecule has 5 rings (SSSR count). The molecular formula is C33H27F6OPS2. The Hall–Kier alpha value is -3.52. The summed E-state index contributed by atoms with van der Waals surface area (Å²) in [7, 11) is -10.8. The molecule has 1 nitrogen and oxygen atoms in total. The molecule has 0 amide bonds. The van der Waals surface area contributed by atoms with Crippen LogP contribution >= 0.6 is 19.6 Å². The Labute approximate surface area is 253 Å². The van der Waals surface area contributed by atoms with Gasteiger partial charge in [0.05, 0.1) is 10.9 Å². The van der Waals surface area contributed by atoms with Gasteiger partial charge in [0.1, 0.15) is 0 Å². The molecule has 0 bridgehead atoms. The van der Waals surface area contributed by atoms with Crippen LogP contribution in [0.5, 0.6) is 0 Å². The second-order valence-corrected chi connectivity index (χ2v) is 14.8. The molecule has 0 atom stereocenters. The third-order valence-corrected chi connectivity index (χ3v) is 9.21. The first-order valence-electron chi connectivity index (χ1n) is 12.9. The molecule has 0 unspecified atom stereocenters. The molecule has 0 aliphatic carbocycles. The number of carbonyl (C=O) groups is 1. The fraction of sp³-hybridized carbons (Fsp3) is 0.0606. The number of halogens is 6. The molecule has 224 valence electrons. The monoisotopic (exact) mass is 648 g/mol. The fourth-order valence-electron chi connectivity index (χ4n) is 3.97. The van der Waals surface area contributed by atoms with E-state index in [0.29, 0.717) is 11.1 Å². The van der Waals surface area contributed by atoms with Gasteiger partial charge in [0.25, 0.3) is 0 Å². The zero-order valence-electron chi connectivity index (χ0n) is 23.1. The van der Waals surface area contributed by atoms with Gasteiger partial charge in [-0.2, -0.15) is 0 Å². The first-order valence-corrected chi connectivity index (χ1v) is 17.0. The molecule has 0 saturated heterocycles. The van der Waals surface area contributed by atoms with Gasteiger partial charge in [0, 0.05) is 20.9 Å². The van der Waals surface area contributed by atoms with E-state index in [1.807, 2.05) is 54.6 Å². The van der Waals surface area contributed by atoms with Crippen molar-refractivity contribution >= 4 is 36.2 Å². The Balaban J connectivity index is 0.000000541. The van der Waals surface area contributed by atoms with E-state index >= 15 is 0 Å². The molecular weight excluding hydrogens is 621 g/mol. The minimum absolute atomic E-state index is 0.0516. The first kappa shape index (κ1) is 32.4. The average Bonchev–Trinajstić information content (AvgIpc) is 2.95. The number of benzene rings is 5. The van der Waals surface area contributed by atoms with E-state index in [1.54, 1.807) is 11.8 Å². The summed E-state index contributed by atoms with van der Waals surface area (Å²) in [4.78, 5) is 18.9. The summed E-state index contributed by atoms with van der Waals surface area (Å²) in [5, 5.41) is 0. The molecule has 0 fully saturated rings. The van der Waals surface area contributed by atoms with Gasteiger partial charge < -0.3 is 0 Å². The maximum atomic E-state index is 12.7. The molecule has 10 heteroatoms. The molecule has 0 aromatic heterocycles. The predicted molar refractivity (Wildman–Crippen MR) is 165 cm³/mol. The SMILES string of the molecule is Cc1ccc([S+](c2ccc(C)cc2)c2ccc(Sc3ccc(C(=O)c4ccccc4)cc3)cc2)cc1.F[P-](F)(F)(F)(F)F. The van der Waals surface area contributed by atoms with Crippen LogP contribution in [-0.2, 0) is 10.9 Å². The quantitative estimate of drug-likeness (QED) is 0.0756. The van der Waals surface area contributed by atoms with Crippen molar-refractivity contribution in [3.05, 3.63) is 150 Å². The number of carbonyl (C=O) groups excluding carboxylic acids is 1. The van der Waals surface area contributed by atoms with Gasteiger partial charge >= 0.3 is 33.0 Å². The Morgan fingerprint density at radius 1 is 0.512 bits per heavy atom. The molecule has 5 aromatic rings. The van der Waals surface area contributed by atoms with E-state index in [9.17, 15) is 30.0 Å². The number of hydrogen-bond donors (Lipinski definition) is 0. The molecule has 0 heterocycles. The third-order valence-electron chi connectivity index (χ3n) is 5.96. The molecule has 5 aromatic carbocycles. The molecule has 0 aliphatic rings. The average molecular weight is 649 g/mol. The number of aryl methyl sites for hydroxylation is 2. The van der Waals surface area contributed by atoms with E-state index in [-0.39, 0.29) is 16.7 Å². The van der Waals surface area contributed by atoms with Crippen molar-refractivity contribution in [2.75, 3.05) is 0 Å². The van der Waals surface area contributed by atoms with Gasteiger partial charge in [-0.05, 0) is 86.6 Å². The first-order chi connectivity index (χ1) is 20.0. The summed E-state index contributed by atoms with van der Waals surface area (Å²) >= 11 is 1.71. The molecule has 0 spiro atoms. The van der Waals surface area contributed by atoms with Crippen LogP contribution in [0, 0.1) is 13.8 Å². The van der Waals surface area contributed by atoms with E-state index in [1.165, 1.54) is 30.7 Å². The van der Waals surface area contributed by atoms with Crippen LogP contribution in [0.1, 0.15) is 27.0 Å². The maximum absolute atomic E-state index is 12.7. The number of hydrogen-bond acceptors (Lipinski definition) is 2. The Kier molecular flexibility index (Phi) is 9.21. The molecule has 43 heavy (non-hydrogen) atoms. The Morgan fingerprint density at radius 3 is 1.23 bits per heavy atom. The van der Waals surface area contributed by atoms with Crippen molar-refractivity contribution in [3.63, 3.8) is 0 Å². The van der Waals surface area contributed by atoms with E-state index in [4.69, 9.17) is 0 Å². The van der Waals surface area contributed by atoms with Crippen LogP contribution in [-0.4, -0.2) is 5.78 Å². The zero-order valence-corrected chi connectivity index (χ0v) is 25.6. The van der Waals surface area contributed by atoms with E-state index < -0.39 is 7.81 Å². The van der Waals surface area contributed by atoms with Crippen LogP contribution < -0.4 is 0 Å². The summed E-state index contributed by atoms with van der Waals surface area (Å²) < 4.78 is 59.2. The summed E-state index contributed by atoms with van der Waals surface area (Å²) in [6.45, 7) is 4.26. The van der Waals surface area contributed by atoms with Crippen molar-refractivity contribution in [1.82, 2.24) is 0 Å². The second-order valence-electron chi connectivity index (χ2n) is 9.68. The normalized spacial score (nSPS) is 13.0. The zero-order chi connectivity index (χ0) is 31.3. The molecule has 0 aliphatic heterocycles.